The number of anilines is 2. The van der Waals surface area contributed by atoms with Crippen LogP contribution in [0.25, 0.3) is 0 Å². The first kappa shape index (κ1) is 14.6. The summed E-state index contributed by atoms with van der Waals surface area (Å²) in [7, 11) is 0. The van der Waals surface area contributed by atoms with E-state index in [1.54, 1.807) is 0 Å². The summed E-state index contributed by atoms with van der Waals surface area (Å²) in [5, 5.41) is 3.00. The molecule has 0 aromatic heterocycles. The Morgan fingerprint density at radius 3 is 2.65 bits per heavy atom. The molecule has 0 bridgehead atoms. The lowest BCUT2D eigenvalue weighted by Crippen LogP contribution is -2.33. The van der Waals surface area contributed by atoms with Crippen LogP contribution in [0, 0.1) is 5.82 Å². The summed E-state index contributed by atoms with van der Waals surface area (Å²) in [5.74, 6) is -1.12. The smallest absolute Gasteiger partial charge is 0.250 e. The van der Waals surface area contributed by atoms with E-state index in [1.807, 2.05) is 0 Å². The number of likely N-dealkylation sites (tertiary alicyclic amines) is 1. The number of hydrogen-bond donors (Lipinski definition) is 3. The number of nitrogens with two attached hydrogens (primary N) is 2. The fraction of sp³-hybridized carbons (Fsp3) is 0.500. The zero-order chi connectivity index (χ0) is 14.5. The lowest BCUT2D eigenvalue weighted by Gasteiger charge is -2.26. The highest BCUT2D eigenvalue weighted by molar-refractivity contribution is 5.99. The van der Waals surface area contributed by atoms with Gasteiger partial charge in [-0.05, 0) is 38.1 Å². The average Bonchev–Trinajstić information content (AvgIpc) is 2.42. The molecular weight excluding hydrogens is 259 g/mol. The lowest BCUT2D eigenvalue weighted by molar-refractivity contribution is 0.100. The van der Waals surface area contributed by atoms with E-state index < -0.39 is 11.7 Å². The minimum absolute atomic E-state index is 0.0663. The average molecular weight is 280 g/mol. The van der Waals surface area contributed by atoms with Gasteiger partial charge in [0.2, 0.25) is 0 Å². The maximum Gasteiger partial charge on any atom is 0.250 e. The summed E-state index contributed by atoms with van der Waals surface area (Å²) < 4.78 is 13.8. The second kappa shape index (κ2) is 6.56. The van der Waals surface area contributed by atoms with Gasteiger partial charge in [0.25, 0.3) is 5.91 Å². The van der Waals surface area contributed by atoms with E-state index in [1.165, 1.54) is 25.3 Å². The molecule has 110 valence electrons. The van der Waals surface area contributed by atoms with Gasteiger partial charge in [-0.2, -0.15) is 0 Å². The van der Waals surface area contributed by atoms with Crippen molar-refractivity contribution in [3.05, 3.63) is 23.5 Å². The Kier molecular flexibility index (Phi) is 4.79. The van der Waals surface area contributed by atoms with E-state index in [9.17, 15) is 9.18 Å². The molecule has 1 saturated heterocycles. The van der Waals surface area contributed by atoms with Crippen molar-refractivity contribution in [1.82, 2.24) is 4.90 Å². The number of halogens is 1. The van der Waals surface area contributed by atoms with E-state index >= 15 is 0 Å². The number of nitrogens with zero attached hydrogens (tertiary/aromatic N) is 1. The van der Waals surface area contributed by atoms with Gasteiger partial charge >= 0.3 is 0 Å². The number of primary amides is 1. The fourth-order valence-electron chi connectivity index (χ4n) is 2.47. The molecule has 0 saturated carbocycles. The number of benzene rings is 1. The summed E-state index contributed by atoms with van der Waals surface area (Å²) in [6.07, 6.45) is 3.74. The van der Waals surface area contributed by atoms with E-state index in [0.29, 0.717) is 6.54 Å². The highest BCUT2D eigenvalue weighted by Crippen LogP contribution is 2.21. The number of hydrogen-bond acceptors (Lipinski definition) is 4. The molecule has 1 aliphatic heterocycles. The molecule has 1 aromatic carbocycles. The van der Waals surface area contributed by atoms with Crippen LogP contribution in [-0.2, 0) is 0 Å². The topological polar surface area (TPSA) is 84.4 Å². The lowest BCUT2D eigenvalue weighted by atomic mass is 10.1. The molecule has 0 radical (unpaired) electrons. The predicted octanol–water partition coefficient (Wildman–Crippen LogP) is 1.40. The maximum absolute atomic E-state index is 13.8. The van der Waals surface area contributed by atoms with Crippen LogP contribution in [0.15, 0.2) is 12.1 Å². The second-order valence-corrected chi connectivity index (χ2v) is 5.11. The standard InChI is InChI=1S/C14H21FN4O/c15-11-9-12(16)10(14(17)20)8-13(11)18-4-7-19-5-2-1-3-6-19/h8-9,18H,1-7,16H2,(H2,17,20). The molecule has 5 nitrogen and oxygen atoms in total. The molecule has 1 aromatic rings. The minimum Gasteiger partial charge on any atom is -0.398 e. The van der Waals surface area contributed by atoms with Crippen molar-refractivity contribution in [3.63, 3.8) is 0 Å². The molecule has 20 heavy (non-hydrogen) atoms. The predicted molar refractivity (Wildman–Crippen MR) is 78.1 cm³/mol. The molecule has 1 aliphatic rings. The van der Waals surface area contributed by atoms with Gasteiger partial charge in [0.15, 0.2) is 0 Å². The third kappa shape index (κ3) is 3.60. The fourth-order valence-corrected chi connectivity index (χ4v) is 2.47. The SMILES string of the molecule is NC(=O)c1cc(NCCN2CCCCC2)c(F)cc1N. The highest BCUT2D eigenvalue weighted by atomic mass is 19.1. The molecule has 0 aliphatic carbocycles. The van der Waals surface area contributed by atoms with Gasteiger partial charge in [-0.3, -0.25) is 4.79 Å². The van der Waals surface area contributed by atoms with E-state index in [0.717, 1.165) is 25.7 Å². The van der Waals surface area contributed by atoms with Crippen molar-refractivity contribution in [3.8, 4) is 0 Å². The quantitative estimate of drug-likeness (QED) is 0.712. The number of amides is 1. The van der Waals surface area contributed by atoms with Crippen LogP contribution in [0.4, 0.5) is 15.8 Å². The Morgan fingerprint density at radius 2 is 2.00 bits per heavy atom. The number of nitrogens with one attached hydrogen (secondary N) is 1. The summed E-state index contributed by atoms with van der Waals surface area (Å²) in [6.45, 7) is 3.67. The largest absolute Gasteiger partial charge is 0.398 e. The molecule has 1 heterocycles. The van der Waals surface area contributed by atoms with Crippen molar-refractivity contribution in [2.45, 2.75) is 19.3 Å². The number of nitrogen functional groups attached to an aromatic ring is 1. The zero-order valence-corrected chi connectivity index (χ0v) is 11.5. The van der Waals surface area contributed by atoms with Crippen molar-refractivity contribution in [1.29, 1.82) is 0 Å². The summed E-state index contributed by atoms with van der Waals surface area (Å²) in [5.41, 5.74) is 11.2. The van der Waals surface area contributed by atoms with Crippen LogP contribution >= 0.6 is 0 Å². The van der Waals surface area contributed by atoms with Gasteiger partial charge in [0, 0.05) is 18.8 Å². The van der Waals surface area contributed by atoms with Crippen LogP contribution in [0.2, 0.25) is 0 Å². The van der Waals surface area contributed by atoms with Gasteiger partial charge in [-0.25, -0.2) is 4.39 Å². The van der Waals surface area contributed by atoms with Crippen molar-refractivity contribution in [2.24, 2.45) is 5.73 Å². The minimum atomic E-state index is -0.651. The molecule has 1 fully saturated rings. The van der Waals surface area contributed by atoms with Crippen LogP contribution in [0.5, 0.6) is 0 Å². The maximum atomic E-state index is 13.8. The summed E-state index contributed by atoms with van der Waals surface area (Å²) >= 11 is 0. The normalized spacial score (nSPS) is 16.1. The first-order valence-electron chi connectivity index (χ1n) is 6.93. The monoisotopic (exact) mass is 280 g/mol. The van der Waals surface area contributed by atoms with E-state index in [-0.39, 0.29) is 16.9 Å². The Labute approximate surface area is 118 Å². The third-order valence-corrected chi connectivity index (χ3v) is 3.60. The van der Waals surface area contributed by atoms with Gasteiger partial charge < -0.3 is 21.7 Å². The van der Waals surface area contributed by atoms with E-state index in [2.05, 4.69) is 10.2 Å². The van der Waals surface area contributed by atoms with Gasteiger partial charge in [0.1, 0.15) is 5.82 Å². The molecule has 2 rings (SSSR count). The zero-order valence-electron chi connectivity index (χ0n) is 11.5. The number of piperidine rings is 1. The second-order valence-electron chi connectivity index (χ2n) is 5.11. The molecular formula is C14H21FN4O. The van der Waals surface area contributed by atoms with Crippen LogP contribution in [-0.4, -0.2) is 37.0 Å². The Hall–Kier alpha value is -1.82. The molecule has 0 atom stereocenters. The molecule has 1 amide bonds. The highest BCUT2D eigenvalue weighted by Gasteiger charge is 2.13. The Morgan fingerprint density at radius 1 is 1.30 bits per heavy atom. The molecule has 5 N–H and O–H groups in total. The van der Waals surface area contributed by atoms with Gasteiger partial charge in [-0.1, -0.05) is 6.42 Å². The van der Waals surface area contributed by atoms with Crippen LogP contribution < -0.4 is 16.8 Å². The molecule has 0 spiro atoms. The van der Waals surface area contributed by atoms with Gasteiger partial charge in [0.05, 0.1) is 11.3 Å². The van der Waals surface area contributed by atoms with Crippen molar-refractivity contribution < 1.29 is 9.18 Å². The first-order valence-corrected chi connectivity index (χ1v) is 6.93. The first-order chi connectivity index (χ1) is 9.58. The van der Waals surface area contributed by atoms with E-state index in [4.69, 9.17) is 11.5 Å². The number of carbonyl (C=O) groups is 1. The van der Waals surface area contributed by atoms with Crippen LogP contribution in [0.3, 0.4) is 0 Å². The molecule has 6 heteroatoms. The van der Waals surface area contributed by atoms with Crippen molar-refractivity contribution in [2.75, 3.05) is 37.2 Å². The molecule has 0 unspecified atom stereocenters. The van der Waals surface area contributed by atoms with Crippen LogP contribution in [0.1, 0.15) is 29.6 Å². The number of rotatable bonds is 5. The van der Waals surface area contributed by atoms with Crippen molar-refractivity contribution >= 4 is 17.3 Å². The van der Waals surface area contributed by atoms with Gasteiger partial charge in [-0.15, -0.1) is 0 Å². The number of carbonyl (C=O) groups excluding carboxylic acids is 1. The summed E-state index contributed by atoms with van der Waals surface area (Å²) in [6, 6.07) is 2.51. The Balaban J connectivity index is 1.94. The summed E-state index contributed by atoms with van der Waals surface area (Å²) in [4.78, 5) is 13.5. The third-order valence-electron chi connectivity index (χ3n) is 3.60. The Bertz CT molecular complexity index is 486.